The van der Waals surface area contributed by atoms with Gasteiger partial charge in [0.1, 0.15) is 5.82 Å². The van der Waals surface area contributed by atoms with Crippen LogP contribution >= 0.6 is 23.2 Å². The smallest absolute Gasteiger partial charge is 0.126 e. The van der Waals surface area contributed by atoms with Gasteiger partial charge in [0.15, 0.2) is 0 Å². The molecule has 0 fully saturated rings. The van der Waals surface area contributed by atoms with Crippen LogP contribution in [0, 0.1) is 0 Å². The van der Waals surface area contributed by atoms with Gasteiger partial charge in [-0.05, 0) is 24.5 Å². The minimum absolute atomic E-state index is 0.546. The van der Waals surface area contributed by atoms with Crippen molar-refractivity contribution in [2.24, 2.45) is 0 Å². The van der Waals surface area contributed by atoms with Crippen molar-refractivity contribution in [2.75, 3.05) is 11.6 Å². The highest BCUT2D eigenvalue weighted by atomic mass is 35.5. The average Bonchev–Trinajstić information content (AvgIpc) is 2.07. The molecule has 0 aliphatic heterocycles. The number of anilines is 1. The molecule has 2 nitrogen and oxygen atoms in total. The van der Waals surface area contributed by atoms with Crippen LogP contribution in [-0.4, -0.2) is 10.9 Å². The van der Waals surface area contributed by atoms with Gasteiger partial charge < -0.3 is 5.73 Å². The Morgan fingerprint density at radius 2 is 2.25 bits per heavy atom. The zero-order valence-electron chi connectivity index (χ0n) is 6.56. The summed E-state index contributed by atoms with van der Waals surface area (Å²) in [6.07, 6.45) is 3.28. The minimum Gasteiger partial charge on any atom is -0.383 e. The lowest BCUT2D eigenvalue weighted by molar-refractivity contribution is 0.924. The molecule has 0 unspecified atom stereocenters. The molecule has 0 amide bonds. The molecule has 1 aromatic heterocycles. The lowest BCUT2D eigenvalue weighted by atomic mass is 10.1. The van der Waals surface area contributed by atoms with Gasteiger partial charge in [-0.15, -0.1) is 11.6 Å². The summed E-state index contributed by atoms with van der Waals surface area (Å²) in [5.74, 6) is 1.18. The summed E-state index contributed by atoms with van der Waals surface area (Å²) in [6, 6.07) is 1.83. The van der Waals surface area contributed by atoms with Gasteiger partial charge in [0.05, 0.1) is 5.02 Å². The number of nitrogen functional groups attached to an aromatic ring is 1. The Hall–Kier alpha value is -0.470. The standard InChI is InChI=1S/C8H10Cl2N2/c9-3-1-2-6-4-7(10)5-12-8(6)11/h4-5H,1-3H2,(H2,11,12). The molecular weight excluding hydrogens is 195 g/mol. The highest BCUT2D eigenvalue weighted by molar-refractivity contribution is 6.30. The van der Waals surface area contributed by atoms with Crippen LogP contribution < -0.4 is 5.73 Å². The van der Waals surface area contributed by atoms with E-state index in [1.54, 1.807) is 6.20 Å². The predicted molar refractivity (Wildman–Crippen MR) is 52.7 cm³/mol. The summed E-state index contributed by atoms with van der Waals surface area (Å²) in [5.41, 5.74) is 6.59. The fourth-order valence-corrected chi connectivity index (χ4v) is 1.26. The molecule has 2 N–H and O–H groups in total. The first-order valence-electron chi connectivity index (χ1n) is 3.70. The number of alkyl halides is 1. The molecule has 4 heteroatoms. The molecule has 66 valence electrons. The third kappa shape index (κ3) is 2.54. The molecule has 0 aliphatic rings. The SMILES string of the molecule is Nc1ncc(Cl)cc1CCCCl. The average molecular weight is 205 g/mol. The number of aromatic nitrogens is 1. The highest BCUT2D eigenvalue weighted by Crippen LogP contribution is 2.16. The Labute approximate surface area is 81.7 Å². The number of nitrogens with two attached hydrogens (primary N) is 1. The highest BCUT2D eigenvalue weighted by Gasteiger charge is 2.00. The van der Waals surface area contributed by atoms with Crippen LogP contribution in [0.3, 0.4) is 0 Å². The summed E-state index contributed by atoms with van der Waals surface area (Å²) in [4.78, 5) is 3.93. The fourth-order valence-electron chi connectivity index (χ4n) is 0.949. The van der Waals surface area contributed by atoms with Gasteiger partial charge in [-0.25, -0.2) is 4.98 Å². The number of hydrogen-bond donors (Lipinski definition) is 1. The van der Waals surface area contributed by atoms with Crippen molar-refractivity contribution in [1.29, 1.82) is 0 Å². The van der Waals surface area contributed by atoms with E-state index in [0.717, 1.165) is 18.4 Å². The second kappa shape index (κ2) is 4.53. The fraction of sp³-hybridized carbons (Fsp3) is 0.375. The molecule has 0 radical (unpaired) electrons. The summed E-state index contributed by atoms with van der Waals surface area (Å²) < 4.78 is 0. The van der Waals surface area contributed by atoms with E-state index >= 15 is 0 Å². The molecule has 1 rings (SSSR count). The molecule has 0 bridgehead atoms. The van der Waals surface area contributed by atoms with Crippen molar-refractivity contribution in [2.45, 2.75) is 12.8 Å². The topological polar surface area (TPSA) is 38.9 Å². The van der Waals surface area contributed by atoms with Crippen molar-refractivity contribution in [1.82, 2.24) is 4.98 Å². The first-order valence-corrected chi connectivity index (χ1v) is 4.61. The Kier molecular flexibility index (Phi) is 3.63. The maximum atomic E-state index is 5.74. The van der Waals surface area contributed by atoms with E-state index in [1.165, 1.54) is 0 Å². The van der Waals surface area contributed by atoms with Crippen LogP contribution in [0.15, 0.2) is 12.3 Å². The van der Waals surface area contributed by atoms with Gasteiger partial charge in [0, 0.05) is 12.1 Å². The van der Waals surface area contributed by atoms with Crippen LogP contribution in [0.5, 0.6) is 0 Å². The van der Waals surface area contributed by atoms with Crippen molar-refractivity contribution in [3.05, 3.63) is 22.8 Å². The molecule has 0 spiro atoms. The van der Waals surface area contributed by atoms with Crippen LogP contribution in [0.4, 0.5) is 5.82 Å². The molecule has 1 heterocycles. The normalized spacial score (nSPS) is 10.2. The molecule has 0 saturated heterocycles. The number of aryl methyl sites for hydroxylation is 1. The second-order valence-corrected chi connectivity index (χ2v) is 3.30. The lowest BCUT2D eigenvalue weighted by Crippen LogP contribution is -1.97. The maximum Gasteiger partial charge on any atom is 0.126 e. The van der Waals surface area contributed by atoms with Crippen molar-refractivity contribution >= 4 is 29.0 Å². The Balaban J connectivity index is 2.75. The zero-order chi connectivity index (χ0) is 8.97. The van der Waals surface area contributed by atoms with E-state index < -0.39 is 0 Å². The van der Waals surface area contributed by atoms with E-state index in [-0.39, 0.29) is 0 Å². The van der Waals surface area contributed by atoms with E-state index in [2.05, 4.69) is 4.98 Å². The van der Waals surface area contributed by atoms with E-state index in [4.69, 9.17) is 28.9 Å². The first-order chi connectivity index (χ1) is 5.74. The third-order valence-electron chi connectivity index (χ3n) is 1.55. The molecule has 0 atom stereocenters. The van der Waals surface area contributed by atoms with Gasteiger partial charge in [0.25, 0.3) is 0 Å². The van der Waals surface area contributed by atoms with Crippen LogP contribution in [0.1, 0.15) is 12.0 Å². The quantitative estimate of drug-likeness (QED) is 0.770. The van der Waals surface area contributed by atoms with Gasteiger partial charge in [-0.1, -0.05) is 11.6 Å². The third-order valence-corrected chi connectivity index (χ3v) is 2.02. The number of pyridine rings is 1. The number of hydrogen-bond acceptors (Lipinski definition) is 2. The Morgan fingerprint density at radius 1 is 1.50 bits per heavy atom. The molecule has 1 aromatic rings. The predicted octanol–water partition coefficient (Wildman–Crippen LogP) is 2.49. The van der Waals surface area contributed by atoms with Gasteiger partial charge in [-0.3, -0.25) is 0 Å². The van der Waals surface area contributed by atoms with Gasteiger partial charge >= 0.3 is 0 Å². The zero-order valence-corrected chi connectivity index (χ0v) is 8.07. The van der Waals surface area contributed by atoms with Crippen LogP contribution in [0.2, 0.25) is 5.02 Å². The first kappa shape index (κ1) is 9.62. The minimum atomic E-state index is 0.546. The van der Waals surface area contributed by atoms with Crippen LogP contribution in [0.25, 0.3) is 0 Å². The lowest BCUT2D eigenvalue weighted by Gasteiger charge is -2.02. The largest absolute Gasteiger partial charge is 0.383 e. The number of rotatable bonds is 3. The van der Waals surface area contributed by atoms with E-state index in [1.807, 2.05) is 6.07 Å². The van der Waals surface area contributed by atoms with E-state index in [0.29, 0.717) is 16.7 Å². The molecule has 0 aromatic carbocycles. The van der Waals surface area contributed by atoms with Gasteiger partial charge in [0.2, 0.25) is 0 Å². The Morgan fingerprint density at radius 3 is 2.92 bits per heavy atom. The summed E-state index contributed by atoms with van der Waals surface area (Å²) in [7, 11) is 0. The summed E-state index contributed by atoms with van der Waals surface area (Å²) in [6.45, 7) is 0. The second-order valence-electron chi connectivity index (χ2n) is 2.49. The summed E-state index contributed by atoms with van der Waals surface area (Å²) >= 11 is 11.3. The molecule has 0 aliphatic carbocycles. The Bertz CT molecular complexity index is 263. The van der Waals surface area contributed by atoms with Crippen molar-refractivity contribution < 1.29 is 0 Å². The number of nitrogens with zero attached hydrogens (tertiary/aromatic N) is 1. The maximum absolute atomic E-state index is 5.74. The van der Waals surface area contributed by atoms with Gasteiger partial charge in [-0.2, -0.15) is 0 Å². The van der Waals surface area contributed by atoms with Crippen molar-refractivity contribution in [3.63, 3.8) is 0 Å². The van der Waals surface area contributed by atoms with E-state index in [9.17, 15) is 0 Å². The van der Waals surface area contributed by atoms with Crippen molar-refractivity contribution in [3.8, 4) is 0 Å². The molecular formula is C8H10Cl2N2. The number of halogens is 2. The van der Waals surface area contributed by atoms with Crippen LogP contribution in [-0.2, 0) is 6.42 Å². The molecule has 12 heavy (non-hydrogen) atoms. The molecule has 0 saturated carbocycles. The monoisotopic (exact) mass is 204 g/mol. The summed E-state index contributed by atoms with van der Waals surface area (Å²) in [5, 5.41) is 0.619.